The number of anilines is 2. The zero-order valence-corrected chi connectivity index (χ0v) is 25.1. The van der Waals surface area contributed by atoms with Crippen LogP contribution < -0.4 is 15.1 Å². The SMILES string of the molecule is O=C(NCc1ccccn1)c1ccc(CSc2nc(-c3ccccc3)cc(N3CCN(c4ccccc4Cl)CC3)n2)cc1. The molecule has 0 bridgehead atoms. The number of para-hydroxylation sites is 1. The van der Waals surface area contributed by atoms with E-state index >= 15 is 0 Å². The molecular weight excluding hydrogens is 576 g/mol. The molecule has 2 aromatic heterocycles. The Balaban J connectivity index is 1.13. The molecule has 0 aliphatic carbocycles. The Labute approximate surface area is 261 Å². The number of carbonyl (C=O) groups is 1. The third kappa shape index (κ3) is 7.34. The summed E-state index contributed by atoms with van der Waals surface area (Å²) in [6.07, 6.45) is 1.72. The second-order valence-corrected chi connectivity index (χ2v) is 11.5. The lowest BCUT2D eigenvalue weighted by Gasteiger charge is -2.37. The normalized spacial score (nSPS) is 13.1. The van der Waals surface area contributed by atoms with E-state index < -0.39 is 0 Å². The van der Waals surface area contributed by atoms with Crippen LogP contribution in [-0.4, -0.2) is 47.0 Å². The largest absolute Gasteiger partial charge is 0.367 e. The van der Waals surface area contributed by atoms with Gasteiger partial charge in [-0.05, 0) is 42.0 Å². The molecule has 3 heterocycles. The first-order valence-corrected chi connectivity index (χ1v) is 15.6. The van der Waals surface area contributed by atoms with Gasteiger partial charge in [0.15, 0.2) is 5.16 Å². The van der Waals surface area contributed by atoms with Crippen molar-refractivity contribution in [1.29, 1.82) is 0 Å². The number of rotatable bonds is 9. The first-order valence-electron chi connectivity index (χ1n) is 14.2. The van der Waals surface area contributed by atoms with Crippen molar-refractivity contribution in [3.63, 3.8) is 0 Å². The van der Waals surface area contributed by atoms with Crippen molar-refractivity contribution in [1.82, 2.24) is 20.3 Å². The minimum absolute atomic E-state index is 0.122. The van der Waals surface area contributed by atoms with Gasteiger partial charge in [0.1, 0.15) is 5.82 Å². The number of hydrogen-bond acceptors (Lipinski definition) is 7. The Morgan fingerprint density at radius 2 is 1.53 bits per heavy atom. The average molecular weight is 607 g/mol. The van der Waals surface area contributed by atoms with Crippen molar-refractivity contribution in [2.45, 2.75) is 17.5 Å². The zero-order valence-electron chi connectivity index (χ0n) is 23.6. The van der Waals surface area contributed by atoms with Crippen LogP contribution in [-0.2, 0) is 12.3 Å². The summed E-state index contributed by atoms with van der Waals surface area (Å²) in [6, 6.07) is 33.6. The molecule has 1 amide bonds. The van der Waals surface area contributed by atoms with E-state index in [1.807, 2.05) is 78.9 Å². The molecule has 0 unspecified atom stereocenters. The summed E-state index contributed by atoms with van der Waals surface area (Å²) in [4.78, 5) is 31.4. The van der Waals surface area contributed by atoms with Crippen molar-refractivity contribution < 1.29 is 4.79 Å². The number of amides is 1. The maximum Gasteiger partial charge on any atom is 0.251 e. The molecule has 1 N–H and O–H groups in total. The Morgan fingerprint density at radius 3 is 2.28 bits per heavy atom. The Morgan fingerprint density at radius 1 is 0.814 bits per heavy atom. The standard InChI is InChI=1S/C34H31ClN6OS/c35-29-11-4-5-12-31(29)40-18-20-41(21-19-40)32-22-30(26-8-2-1-3-9-26)38-34(39-32)43-24-25-13-15-27(16-14-25)33(42)37-23-28-10-6-7-17-36-28/h1-17,22H,18-21,23-24H2,(H,37,42). The second kappa shape index (κ2) is 13.7. The predicted molar refractivity (Wildman–Crippen MR) is 175 cm³/mol. The van der Waals surface area contributed by atoms with Gasteiger partial charge < -0.3 is 15.1 Å². The lowest BCUT2D eigenvalue weighted by Crippen LogP contribution is -2.47. The van der Waals surface area contributed by atoms with Crippen LogP contribution in [0.2, 0.25) is 5.02 Å². The van der Waals surface area contributed by atoms with Gasteiger partial charge in [-0.1, -0.05) is 84.0 Å². The topological polar surface area (TPSA) is 74.2 Å². The van der Waals surface area contributed by atoms with E-state index in [-0.39, 0.29) is 5.91 Å². The third-order valence-corrected chi connectivity index (χ3v) is 8.54. The summed E-state index contributed by atoms with van der Waals surface area (Å²) >= 11 is 8.06. The molecule has 1 fully saturated rings. The van der Waals surface area contributed by atoms with Crippen molar-refractivity contribution in [3.05, 3.63) is 131 Å². The van der Waals surface area contributed by atoms with Gasteiger partial charge in [-0.3, -0.25) is 9.78 Å². The number of piperazine rings is 1. The summed E-state index contributed by atoms with van der Waals surface area (Å²) in [5.74, 6) is 1.49. The average Bonchev–Trinajstić information content (AvgIpc) is 3.07. The quantitative estimate of drug-likeness (QED) is 0.147. The van der Waals surface area contributed by atoms with E-state index in [1.54, 1.807) is 18.0 Å². The van der Waals surface area contributed by atoms with Crippen LogP contribution in [0.1, 0.15) is 21.6 Å². The molecule has 7 nitrogen and oxygen atoms in total. The molecule has 0 atom stereocenters. The minimum atomic E-state index is -0.122. The van der Waals surface area contributed by atoms with Gasteiger partial charge >= 0.3 is 0 Å². The molecular formula is C34H31ClN6OS. The van der Waals surface area contributed by atoms with Gasteiger partial charge in [-0.15, -0.1) is 0 Å². The highest BCUT2D eigenvalue weighted by molar-refractivity contribution is 7.98. The first-order chi connectivity index (χ1) is 21.1. The zero-order chi connectivity index (χ0) is 29.4. The summed E-state index contributed by atoms with van der Waals surface area (Å²) in [7, 11) is 0. The minimum Gasteiger partial charge on any atom is -0.367 e. The van der Waals surface area contributed by atoms with Gasteiger partial charge in [-0.25, -0.2) is 9.97 Å². The second-order valence-electron chi connectivity index (χ2n) is 10.2. The molecule has 1 aliphatic heterocycles. The van der Waals surface area contributed by atoms with Gasteiger partial charge in [0.05, 0.1) is 28.6 Å². The lowest BCUT2D eigenvalue weighted by molar-refractivity contribution is 0.0950. The third-order valence-electron chi connectivity index (χ3n) is 7.30. The molecule has 0 radical (unpaired) electrons. The molecule has 5 aromatic rings. The highest BCUT2D eigenvalue weighted by atomic mass is 35.5. The Bertz CT molecular complexity index is 1660. The fourth-order valence-electron chi connectivity index (χ4n) is 4.96. The number of nitrogens with one attached hydrogen (secondary N) is 1. The van der Waals surface area contributed by atoms with E-state index in [4.69, 9.17) is 21.6 Å². The number of thioether (sulfide) groups is 1. The van der Waals surface area contributed by atoms with E-state index in [9.17, 15) is 4.79 Å². The molecule has 3 aromatic carbocycles. The smallest absolute Gasteiger partial charge is 0.251 e. The van der Waals surface area contributed by atoms with Crippen molar-refractivity contribution >= 4 is 40.8 Å². The number of pyridine rings is 1. The highest BCUT2D eigenvalue weighted by Gasteiger charge is 2.21. The monoisotopic (exact) mass is 606 g/mol. The molecule has 0 saturated carbocycles. The molecule has 9 heteroatoms. The van der Waals surface area contributed by atoms with Gasteiger partial charge in [0.2, 0.25) is 0 Å². The van der Waals surface area contributed by atoms with E-state index in [1.165, 1.54) is 0 Å². The maximum atomic E-state index is 12.6. The molecule has 6 rings (SSSR count). The molecule has 1 aliphatic rings. The number of benzene rings is 3. The summed E-state index contributed by atoms with van der Waals surface area (Å²) in [5, 5.41) is 4.43. The number of halogens is 1. The fourth-order valence-corrected chi connectivity index (χ4v) is 6.02. The highest BCUT2D eigenvalue weighted by Crippen LogP contribution is 2.30. The van der Waals surface area contributed by atoms with Crippen LogP contribution in [0.4, 0.5) is 11.5 Å². The van der Waals surface area contributed by atoms with Gasteiger partial charge in [-0.2, -0.15) is 0 Å². The number of hydrogen-bond donors (Lipinski definition) is 1. The Kier molecular flexibility index (Phi) is 9.16. The van der Waals surface area contributed by atoms with E-state index in [0.717, 1.165) is 70.4 Å². The predicted octanol–water partition coefficient (Wildman–Crippen LogP) is 6.74. The van der Waals surface area contributed by atoms with Gasteiger partial charge in [0.25, 0.3) is 5.91 Å². The van der Waals surface area contributed by atoms with E-state index in [2.05, 4.69) is 44.4 Å². The summed E-state index contributed by atoms with van der Waals surface area (Å²) in [5.41, 5.74) is 5.57. The molecule has 1 saturated heterocycles. The lowest BCUT2D eigenvalue weighted by atomic mass is 10.1. The van der Waals surface area contributed by atoms with Crippen LogP contribution in [0.3, 0.4) is 0 Å². The maximum absolute atomic E-state index is 12.6. The van der Waals surface area contributed by atoms with E-state index in [0.29, 0.717) is 17.9 Å². The number of aromatic nitrogens is 3. The first kappa shape index (κ1) is 28.7. The molecule has 216 valence electrons. The summed E-state index contributed by atoms with van der Waals surface area (Å²) in [6.45, 7) is 3.79. The number of carbonyl (C=O) groups excluding carboxylic acids is 1. The number of nitrogens with zero attached hydrogens (tertiary/aromatic N) is 5. The van der Waals surface area contributed by atoms with Crippen LogP contribution in [0.25, 0.3) is 11.3 Å². The van der Waals surface area contributed by atoms with Crippen molar-refractivity contribution in [2.24, 2.45) is 0 Å². The summed E-state index contributed by atoms with van der Waals surface area (Å²) < 4.78 is 0. The van der Waals surface area contributed by atoms with Crippen molar-refractivity contribution in [3.8, 4) is 11.3 Å². The van der Waals surface area contributed by atoms with Crippen molar-refractivity contribution in [2.75, 3.05) is 36.0 Å². The molecule has 0 spiro atoms. The fraction of sp³-hybridized carbons (Fsp3) is 0.176. The van der Waals surface area contributed by atoms with Crippen LogP contribution in [0.15, 0.2) is 114 Å². The van der Waals surface area contributed by atoms with Crippen LogP contribution >= 0.6 is 23.4 Å². The Hall–Kier alpha value is -4.40. The van der Waals surface area contributed by atoms with Gasteiger partial charge in [0, 0.05) is 55.3 Å². The van der Waals surface area contributed by atoms with Crippen LogP contribution in [0.5, 0.6) is 0 Å². The van der Waals surface area contributed by atoms with Crippen LogP contribution in [0, 0.1) is 0 Å². The molecule has 43 heavy (non-hydrogen) atoms.